The number of benzene rings is 1. The summed E-state index contributed by atoms with van der Waals surface area (Å²) in [5.41, 5.74) is 0.937. The predicted octanol–water partition coefficient (Wildman–Crippen LogP) is 2.67. The third-order valence-electron chi connectivity index (χ3n) is 2.17. The molecule has 92 valence electrons. The maximum absolute atomic E-state index is 5.25. The largest absolute Gasteiger partial charge is 0.493 e. The number of rotatable bonds is 4. The molecule has 0 heterocycles. The third kappa shape index (κ3) is 2.32. The van der Waals surface area contributed by atoms with Crippen LogP contribution in [0.3, 0.4) is 0 Å². The van der Waals surface area contributed by atoms with Gasteiger partial charge in [0.25, 0.3) is 0 Å². The van der Waals surface area contributed by atoms with Gasteiger partial charge in [-0.1, -0.05) is 7.43 Å². The second-order valence-electron chi connectivity index (χ2n) is 3.00. The van der Waals surface area contributed by atoms with Gasteiger partial charge < -0.3 is 18.9 Å². The number of hydrogen-bond acceptors (Lipinski definition) is 4. The average molecular weight is 228 g/mol. The number of methoxy groups -OCH3 is 4. The summed E-state index contributed by atoms with van der Waals surface area (Å²) >= 11 is 0. The summed E-state index contributed by atoms with van der Waals surface area (Å²) in [5, 5.41) is 0. The van der Waals surface area contributed by atoms with Crippen molar-refractivity contribution in [2.24, 2.45) is 0 Å². The molecule has 0 saturated carbocycles. The van der Waals surface area contributed by atoms with E-state index in [1.807, 2.05) is 13.0 Å². The van der Waals surface area contributed by atoms with Gasteiger partial charge in [-0.15, -0.1) is 0 Å². The topological polar surface area (TPSA) is 36.9 Å². The minimum absolute atomic E-state index is 0. The van der Waals surface area contributed by atoms with E-state index in [-0.39, 0.29) is 7.43 Å². The van der Waals surface area contributed by atoms with Crippen LogP contribution < -0.4 is 18.9 Å². The maximum Gasteiger partial charge on any atom is 0.207 e. The lowest BCUT2D eigenvalue weighted by Gasteiger charge is -2.16. The zero-order valence-corrected chi connectivity index (χ0v) is 9.71. The smallest absolute Gasteiger partial charge is 0.207 e. The molecule has 0 aliphatic heterocycles. The van der Waals surface area contributed by atoms with Crippen molar-refractivity contribution in [3.05, 3.63) is 11.6 Å². The molecule has 0 aliphatic rings. The van der Waals surface area contributed by atoms with Crippen molar-refractivity contribution in [1.29, 1.82) is 0 Å². The van der Waals surface area contributed by atoms with Gasteiger partial charge in [0.05, 0.1) is 28.4 Å². The Morgan fingerprint density at radius 1 is 0.750 bits per heavy atom. The summed E-state index contributed by atoms with van der Waals surface area (Å²) < 4.78 is 20.9. The Balaban J connectivity index is 0.00000225. The van der Waals surface area contributed by atoms with Crippen LogP contribution in [-0.2, 0) is 0 Å². The Morgan fingerprint density at radius 3 is 1.62 bits per heavy atom. The van der Waals surface area contributed by atoms with Crippen LogP contribution in [0.25, 0.3) is 0 Å². The number of aryl methyl sites for hydroxylation is 1. The summed E-state index contributed by atoms with van der Waals surface area (Å²) in [5.74, 6) is 2.39. The first-order valence-corrected chi connectivity index (χ1v) is 4.53. The highest BCUT2D eigenvalue weighted by molar-refractivity contribution is 5.62. The van der Waals surface area contributed by atoms with Crippen LogP contribution in [0.1, 0.15) is 13.0 Å². The molecular weight excluding hydrogens is 208 g/mol. The first-order chi connectivity index (χ1) is 7.19. The molecule has 0 radical (unpaired) electrons. The van der Waals surface area contributed by atoms with E-state index in [0.717, 1.165) is 5.56 Å². The third-order valence-corrected chi connectivity index (χ3v) is 2.17. The van der Waals surface area contributed by atoms with Crippen LogP contribution in [0.5, 0.6) is 23.0 Å². The van der Waals surface area contributed by atoms with E-state index in [1.165, 1.54) is 0 Å². The molecule has 0 atom stereocenters. The van der Waals surface area contributed by atoms with Gasteiger partial charge in [-0.25, -0.2) is 0 Å². The van der Waals surface area contributed by atoms with E-state index in [4.69, 9.17) is 18.9 Å². The lowest BCUT2D eigenvalue weighted by Crippen LogP contribution is -1.99. The Bertz CT molecular complexity index is 347. The first-order valence-electron chi connectivity index (χ1n) is 4.53. The minimum atomic E-state index is 0. The van der Waals surface area contributed by atoms with Crippen LogP contribution in [0.4, 0.5) is 0 Å². The zero-order chi connectivity index (χ0) is 11.4. The van der Waals surface area contributed by atoms with E-state index < -0.39 is 0 Å². The average Bonchev–Trinajstić information content (AvgIpc) is 2.27. The molecule has 0 N–H and O–H groups in total. The number of ether oxygens (including phenoxy) is 4. The Labute approximate surface area is 97.1 Å². The van der Waals surface area contributed by atoms with Crippen molar-refractivity contribution in [2.45, 2.75) is 14.4 Å². The lowest BCUT2D eigenvalue weighted by atomic mass is 10.1. The highest BCUT2D eigenvalue weighted by Crippen LogP contribution is 2.46. The zero-order valence-electron chi connectivity index (χ0n) is 9.71. The second-order valence-corrected chi connectivity index (χ2v) is 3.00. The molecule has 0 fully saturated rings. The molecule has 0 unspecified atom stereocenters. The molecule has 0 aliphatic carbocycles. The fraction of sp³-hybridized carbons (Fsp3) is 0.500. The van der Waals surface area contributed by atoms with Crippen LogP contribution in [0.2, 0.25) is 0 Å². The monoisotopic (exact) mass is 228 g/mol. The summed E-state index contributed by atoms with van der Waals surface area (Å²) in [6.45, 7) is 1.92. The Hall–Kier alpha value is -1.58. The van der Waals surface area contributed by atoms with Gasteiger partial charge in [-0.2, -0.15) is 0 Å². The normalized spacial score (nSPS) is 9.06. The first kappa shape index (κ1) is 14.4. The quantitative estimate of drug-likeness (QED) is 0.794. The van der Waals surface area contributed by atoms with Crippen molar-refractivity contribution in [2.75, 3.05) is 28.4 Å². The SMILES string of the molecule is C.COc1cc(C)c(OC)c(OC)c1OC. The molecule has 4 nitrogen and oxygen atoms in total. The van der Waals surface area contributed by atoms with Crippen molar-refractivity contribution < 1.29 is 18.9 Å². The van der Waals surface area contributed by atoms with E-state index in [9.17, 15) is 0 Å². The Kier molecular flexibility index (Phi) is 5.50. The highest BCUT2D eigenvalue weighted by atomic mass is 16.5. The highest BCUT2D eigenvalue weighted by Gasteiger charge is 2.18. The molecule has 0 spiro atoms. The van der Waals surface area contributed by atoms with Gasteiger partial charge in [0, 0.05) is 0 Å². The van der Waals surface area contributed by atoms with Gasteiger partial charge in [0.2, 0.25) is 11.5 Å². The fourth-order valence-corrected chi connectivity index (χ4v) is 1.51. The van der Waals surface area contributed by atoms with Gasteiger partial charge >= 0.3 is 0 Å². The predicted molar refractivity (Wildman–Crippen MR) is 64.1 cm³/mol. The maximum atomic E-state index is 5.25. The van der Waals surface area contributed by atoms with E-state index in [1.54, 1.807) is 28.4 Å². The van der Waals surface area contributed by atoms with Gasteiger partial charge in [-0.05, 0) is 18.6 Å². The molecule has 0 amide bonds. The fourth-order valence-electron chi connectivity index (χ4n) is 1.51. The molecule has 0 saturated heterocycles. The molecule has 1 aromatic carbocycles. The van der Waals surface area contributed by atoms with Crippen molar-refractivity contribution in [3.8, 4) is 23.0 Å². The molecule has 4 heteroatoms. The molecule has 0 aromatic heterocycles. The molecular formula is C12H20O4. The summed E-state index contributed by atoms with van der Waals surface area (Å²) in [7, 11) is 6.31. The lowest BCUT2D eigenvalue weighted by molar-refractivity contribution is 0.304. The summed E-state index contributed by atoms with van der Waals surface area (Å²) in [4.78, 5) is 0. The van der Waals surface area contributed by atoms with Crippen LogP contribution in [0.15, 0.2) is 6.07 Å². The van der Waals surface area contributed by atoms with Gasteiger partial charge in [0.1, 0.15) is 0 Å². The van der Waals surface area contributed by atoms with Crippen molar-refractivity contribution in [1.82, 2.24) is 0 Å². The number of hydrogen-bond donors (Lipinski definition) is 0. The van der Waals surface area contributed by atoms with Crippen LogP contribution >= 0.6 is 0 Å². The Morgan fingerprint density at radius 2 is 1.25 bits per heavy atom. The molecule has 1 aromatic rings. The molecule has 16 heavy (non-hydrogen) atoms. The second kappa shape index (κ2) is 6.10. The summed E-state index contributed by atoms with van der Waals surface area (Å²) in [6.07, 6.45) is 0. The van der Waals surface area contributed by atoms with E-state index in [0.29, 0.717) is 23.0 Å². The van der Waals surface area contributed by atoms with Gasteiger partial charge in [0.15, 0.2) is 11.5 Å². The standard InChI is InChI=1S/C11H16O4.CH4/c1-7-6-8(12-2)10(14-4)11(15-5)9(7)13-3;/h6H,1-5H3;1H4. The molecule has 1 rings (SSSR count). The summed E-state index contributed by atoms with van der Waals surface area (Å²) in [6, 6.07) is 1.85. The minimum Gasteiger partial charge on any atom is -0.493 e. The van der Waals surface area contributed by atoms with E-state index >= 15 is 0 Å². The van der Waals surface area contributed by atoms with Crippen LogP contribution in [0, 0.1) is 6.92 Å². The van der Waals surface area contributed by atoms with Crippen LogP contribution in [-0.4, -0.2) is 28.4 Å². The molecule has 0 bridgehead atoms. The van der Waals surface area contributed by atoms with Crippen molar-refractivity contribution >= 4 is 0 Å². The van der Waals surface area contributed by atoms with E-state index in [2.05, 4.69) is 0 Å². The van der Waals surface area contributed by atoms with Crippen molar-refractivity contribution in [3.63, 3.8) is 0 Å². The van der Waals surface area contributed by atoms with Gasteiger partial charge in [-0.3, -0.25) is 0 Å².